The summed E-state index contributed by atoms with van der Waals surface area (Å²) in [5, 5.41) is 12.5. The molecule has 98 valence electrons. The van der Waals surface area contributed by atoms with Crippen molar-refractivity contribution in [2.24, 2.45) is 0 Å². The third-order valence-corrected chi connectivity index (χ3v) is 3.45. The average Bonchev–Trinajstić information content (AvgIpc) is 2.73. The zero-order chi connectivity index (χ0) is 13.8. The van der Waals surface area contributed by atoms with Gasteiger partial charge in [-0.3, -0.25) is 10.1 Å². The lowest BCUT2D eigenvalue weighted by atomic mass is 10.2. The first-order valence-corrected chi connectivity index (χ1v) is 6.86. The summed E-state index contributed by atoms with van der Waals surface area (Å²) in [6.07, 6.45) is 2.99. The quantitative estimate of drug-likeness (QED) is 0.877. The second kappa shape index (κ2) is 6.14. The van der Waals surface area contributed by atoms with Crippen LogP contribution < -0.4 is 5.32 Å². The highest BCUT2D eigenvalue weighted by molar-refractivity contribution is 7.15. The number of aryl methyl sites for hydroxylation is 1. The molecule has 0 radical (unpaired) electrons. The van der Waals surface area contributed by atoms with E-state index in [1.807, 2.05) is 6.92 Å². The molecule has 0 aliphatic carbocycles. The molecule has 0 saturated carbocycles. The van der Waals surface area contributed by atoms with Crippen molar-refractivity contribution in [3.05, 3.63) is 44.9 Å². The maximum absolute atomic E-state index is 11.6. The van der Waals surface area contributed by atoms with E-state index < -0.39 is 0 Å². The number of halogens is 2. The summed E-state index contributed by atoms with van der Waals surface area (Å²) in [7, 11) is 0. The number of aromatic nitrogens is 2. The van der Waals surface area contributed by atoms with E-state index in [1.165, 1.54) is 17.4 Å². The molecule has 0 aliphatic rings. The Kier molecular flexibility index (Phi) is 4.52. The average molecular weight is 314 g/mol. The van der Waals surface area contributed by atoms with Crippen LogP contribution in [-0.4, -0.2) is 16.1 Å². The van der Waals surface area contributed by atoms with Gasteiger partial charge >= 0.3 is 0 Å². The molecule has 0 fully saturated rings. The summed E-state index contributed by atoms with van der Waals surface area (Å²) in [5.41, 5.74) is 0.717. The van der Waals surface area contributed by atoms with Crippen LogP contribution in [0.1, 0.15) is 10.6 Å². The molecule has 0 aliphatic heterocycles. The van der Waals surface area contributed by atoms with Gasteiger partial charge in [0.1, 0.15) is 5.01 Å². The van der Waals surface area contributed by atoms with E-state index in [0.29, 0.717) is 15.2 Å². The van der Waals surface area contributed by atoms with Crippen molar-refractivity contribution in [1.82, 2.24) is 10.2 Å². The molecule has 2 rings (SSSR count). The smallest absolute Gasteiger partial charge is 0.250 e. The van der Waals surface area contributed by atoms with Crippen molar-refractivity contribution in [1.29, 1.82) is 0 Å². The van der Waals surface area contributed by atoms with Gasteiger partial charge in [-0.25, -0.2) is 0 Å². The van der Waals surface area contributed by atoms with Crippen LogP contribution >= 0.6 is 34.5 Å². The minimum atomic E-state index is -0.290. The van der Waals surface area contributed by atoms with E-state index in [9.17, 15) is 4.79 Å². The van der Waals surface area contributed by atoms with Crippen LogP contribution in [0, 0.1) is 6.92 Å². The Morgan fingerprint density at radius 3 is 2.79 bits per heavy atom. The summed E-state index contributed by atoms with van der Waals surface area (Å²) in [6, 6.07) is 5.07. The first kappa shape index (κ1) is 14.0. The van der Waals surface area contributed by atoms with Gasteiger partial charge in [0.2, 0.25) is 11.0 Å². The topological polar surface area (TPSA) is 54.9 Å². The number of anilines is 1. The molecular weight excluding hydrogens is 305 g/mol. The molecular formula is C12H9Cl2N3OS. The Balaban J connectivity index is 2.03. The third-order valence-electron chi connectivity index (χ3n) is 2.13. The number of nitrogens with one attached hydrogen (secondary N) is 1. The van der Waals surface area contributed by atoms with Gasteiger partial charge in [-0.05, 0) is 30.7 Å². The Morgan fingerprint density at radius 2 is 2.16 bits per heavy atom. The van der Waals surface area contributed by atoms with E-state index in [4.69, 9.17) is 23.2 Å². The Hall–Kier alpha value is -1.43. The highest BCUT2D eigenvalue weighted by Gasteiger charge is 2.03. The summed E-state index contributed by atoms with van der Waals surface area (Å²) in [4.78, 5) is 11.6. The molecule has 0 bridgehead atoms. The van der Waals surface area contributed by atoms with Crippen molar-refractivity contribution < 1.29 is 4.79 Å². The Labute approximate surface area is 124 Å². The minimum absolute atomic E-state index is 0.290. The van der Waals surface area contributed by atoms with Crippen LogP contribution in [0.2, 0.25) is 10.0 Å². The predicted molar refractivity (Wildman–Crippen MR) is 78.8 cm³/mol. The SMILES string of the molecule is Cc1nnc(NC(=O)C=Cc2ccc(Cl)cc2Cl)s1. The molecule has 2 aromatic rings. The van der Waals surface area contributed by atoms with Gasteiger partial charge in [0.25, 0.3) is 0 Å². The molecule has 1 heterocycles. The first-order chi connectivity index (χ1) is 9.04. The van der Waals surface area contributed by atoms with Crippen LogP contribution in [0.25, 0.3) is 6.08 Å². The fraction of sp³-hybridized carbons (Fsp3) is 0.0833. The van der Waals surface area contributed by atoms with Crippen molar-refractivity contribution in [2.45, 2.75) is 6.92 Å². The van der Waals surface area contributed by atoms with Gasteiger partial charge < -0.3 is 0 Å². The van der Waals surface area contributed by atoms with Crippen molar-refractivity contribution in [3.63, 3.8) is 0 Å². The molecule has 19 heavy (non-hydrogen) atoms. The van der Waals surface area contributed by atoms with Gasteiger partial charge in [-0.2, -0.15) is 0 Å². The molecule has 1 aromatic heterocycles. The predicted octanol–water partition coefficient (Wildman–Crippen LogP) is 3.81. The molecule has 0 unspecified atom stereocenters. The number of amides is 1. The van der Waals surface area contributed by atoms with Gasteiger partial charge in [0.05, 0.1) is 0 Å². The van der Waals surface area contributed by atoms with Crippen molar-refractivity contribution in [3.8, 4) is 0 Å². The van der Waals surface area contributed by atoms with Crippen LogP contribution in [0.4, 0.5) is 5.13 Å². The molecule has 1 N–H and O–H groups in total. The Morgan fingerprint density at radius 1 is 1.37 bits per heavy atom. The van der Waals surface area contributed by atoms with Gasteiger partial charge in [-0.15, -0.1) is 10.2 Å². The fourth-order valence-corrected chi connectivity index (χ4v) is 2.36. The largest absolute Gasteiger partial charge is 0.297 e. The molecule has 0 spiro atoms. The molecule has 1 aromatic carbocycles. The van der Waals surface area contributed by atoms with E-state index in [-0.39, 0.29) is 5.91 Å². The first-order valence-electron chi connectivity index (χ1n) is 5.29. The molecule has 0 saturated heterocycles. The highest BCUT2D eigenvalue weighted by atomic mass is 35.5. The number of carbonyl (C=O) groups excluding carboxylic acids is 1. The maximum Gasteiger partial charge on any atom is 0.250 e. The standard InChI is InChI=1S/C12H9Cl2N3OS/c1-7-16-17-12(19-7)15-11(18)5-3-8-2-4-9(13)6-10(8)14/h2-6H,1H3,(H,15,17,18). The number of hydrogen-bond donors (Lipinski definition) is 1. The number of benzene rings is 1. The van der Waals surface area contributed by atoms with Crippen molar-refractivity contribution in [2.75, 3.05) is 5.32 Å². The van der Waals surface area contributed by atoms with Gasteiger partial charge in [0, 0.05) is 16.1 Å². The van der Waals surface area contributed by atoms with E-state index in [2.05, 4.69) is 15.5 Å². The summed E-state index contributed by atoms with van der Waals surface area (Å²) < 4.78 is 0. The lowest BCUT2D eigenvalue weighted by molar-refractivity contribution is -0.111. The number of hydrogen-bond acceptors (Lipinski definition) is 4. The van der Waals surface area contributed by atoms with Crippen LogP contribution in [0.15, 0.2) is 24.3 Å². The van der Waals surface area contributed by atoms with E-state index in [1.54, 1.807) is 24.3 Å². The lowest BCUT2D eigenvalue weighted by Gasteiger charge is -1.98. The lowest BCUT2D eigenvalue weighted by Crippen LogP contribution is -2.07. The monoisotopic (exact) mass is 313 g/mol. The van der Waals surface area contributed by atoms with Gasteiger partial charge in [0.15, 0.2) is 0 Å². The number of rotatable bonds is 3. The van der Waals surface area contributed by atoms with Crippen molar-refractivity contribution >= 4 is 51.7 Å². The Bertz CT molecular complexity index is 640. The zero-order valence-corrected chi connectivity index (χ0v) is 12.2. The molecule has 7 heteroatoms. The highest BCUT2D eigenvalue weighted by Crippen LogP contribution is 2.22. The fourth-order valence-electron chi connectivity index (χ4n) is 1.30. The molecule has 4 nitrogen and oxygen atoms in total. The maximum atomic E-state index is 11.6. The number of carbonyl (C=O) groups is 1. The molecule has 1 amide bonds. The summed E-state index contributed by atoms with van der Waals surface area (Å²) in [5.74, 6) is -0.290. The van der Waals surface area contributed by atoms with Crippen LogP contribution in [-0.2, 0) is 4.79 Å². The summed E-state index contributed by atoms with van der Waals surface area (Å²) in [6.45, 7) is 1.82. The van der Waals surface area contributed by atoms with Crippen LogP contribution in [0.3, 0.4) is 0 Å². The van der Waals surface area contributed by atoms with Crippen LogP contribution in [0.5, 0.6) is 0 Å². The summed E-state index contributed by atoms with van der Waals surface area (Å²) >= 11 is 13.1. The molecule has 0 atom stereocenters. The second-order valence-electron chi connectivity index (χ2n) is 3.61. The van der Waals surface area contributed by atoms with E-state index in [0.717, 1.165) is 10.6 Å². The number of nitrogens with zero attached hydrogens (tertiary/aromatic N) is 2. The third kappa shape index (κ3) is 4.02. The normalized spacial score (nSPS) is 10.9. The minimum Gasteiger partial charge on any atom is -0.297 e. The second-order valence-corrected chi connectivity index (χ2v) is 5.64. The zero-order valence-electron chi connectivity index (χ0n) is 9.85. The van der Waals surface area contributed by atoms with Gasteiger partial charge in [-0.1, -0.05) is 40.6 Å². The van der Waals surface area contributed by atoms with E-state index >= 15 is 0 Å².